The van der Waals surface area contributed by atoms with Crippen molar-refractivity contribution in [1.82, 2.24) is 0 Å². The first-order valence-corrected chi connectivity index (χ1v) is 20.3. The monoisotopic (exact) mass is 770 g/mol. The lowest BCUT2D eigenvalue weighted by atomic mass is 9.99. The molecule has 1 fully saturated rings. The van der Waals surface area contributed by atoms with Gasteiger partial charge in [0.25, 0.3) is 0 Å². The van der Waals surface area contributed by atoms with Gasteiger partial charge < -0.3 is 39.4 Å². The summed E-state index contributed by atoms with van der Waals surface area (Å²) in [5.74, 6) is -0.935. The van der Waals surface area contributed by atoms with Crippen LogP contribution in [0.2, 0.25) is 0 Å². The van der Waals surface area contributed by atoms with Gasteiger partial charge in [-0.2, -0.15) is 0 Å². The first kappa shape index (κ1) is 49.6. The minimum absolute atomic E-state index is 0.162. The molecule has 0 aromatic carbocycles. The lowest BCUT2D eigenvalue weighted by Crippen LogP contribution is -2.59. The SMILES string of the molecule is CCC=CCC=CCC=CCC=CCC=CCCCC(=O)OC[C@H](CO[C@@H]1O[C@H](CO)[C@H](O)[C@H](O)[C@H]1O)OC(=O)CCCCC=CCC=CCC=CCCC. The third-order valence-corrected chi connectivity index (χ3v) is 8.43. The molecule has 1 rings (SSSR count). The van der Waals surface area contributed by atoms with Crippen molar-refractivity contribution in [3.63, 3.8) is 0 Å². The van der Waals surface area contributed by atoms with E-state index < -0.39 is 55.4 Å². The van der Waals surface area contributed by atoms with Crippen molar-refractivity contribution in [2.24, 2.45) is 0 Å². The maximum Gasteiger partial charge on any atom is 0.306 e. The number of carbonyl (C=O) groups excluding carboxylic acids is 2. The number of aliphatic hydroxyl groups is 4. The molecule has 0 aliphatic carbocycles. The molecule has 0 aromatic rings. The number of hydrogen-bond acceptors (Lipinski definition) is 10. The minimum atomic E-state index is -1.62. The molecule has 0 unspecified atom stereocenters. The molecule has 0 bridgehead atoms. The average Bonchev–Trinajstić information content (AvgIpc) is 3.18. The Hall–Kier alpha value is -3.38. The highest BCUT2D eigenvalue weighted by Gasteiger charge is 2.44. The van der Waals surface area contributed by atoms with E-state index in [1.54, 1.807) is 0 Å². The fourth-order valence-corrected chi connectivity index (χ4v) is 5.24. The second kappa shape index (κ2) is 35.1. The zero-order valence-electron chi connectivity index (χ0n) is 33.4. The Morgan fingerprint density at radius 2 is 1.07 bits per heavy atom. The molecule has 4 N–H and O–H groups in total. The van der Waals surface area contributed by atoms with Crippen molar-refractivity contribution in [3.8, 4) is 0 Å². The van der Waals surface area contributed by atoms with Crippen molar-refractivity contribution in [2.45, 2.75) is 153 Å². The number of carbonyl (C=O) groups is 2. The van der Waals surface area contributed by atoms with Crippen molar-refractivity contribution >= 4 is 11.9 Å². The smallest absolute Gasteiger partial charge is 0.306 e. The van der Waals surface area contributed by atoms with Crippen LogP contribution in [0.25, 0.3) is 0 Å². The van der Waals surface area contributed by atoms with Gasteiger partial charge in [0.1, 0.15) is 31.0 Å². The van der Waals surface area contributed by atoms with Crippen LogP contribution >= 0.6 is 0 Å². The molecule has 6 atom stereocenters. The second-order valence-electron chi connectivity index (χ2n) is 13.3. The van der Waals surface area contributed by atoms with E-state index in [2.05, 4.69) is 105 Å². The van der Waals surface area contributed by atoms with Crippen molar-refractivity contribution in [3.05, 3.63) is 97.2 Å². The first-order chi connectivity index (χ1) is 26.8. The highest BCUT2D eigenvalue weighted by atomic mass is 16.7. The summed E-state index contributed by atoms with van der Waals surface area (Å²) in [5, 5.41) is 40.0. The molecule has 0 amide bonds. The van der Waals surface area contributed by atoms with E-state index in [4.69, 9.17) is 18.9 Å². The van der Waals surface area contributed by atoms with Crippen LogP contribution in [0.4, 0.5) is 0 Å². The average molecular weight is 771 g/mol. The number of rotatable bonds is 31. The zero-order chi connectivity index (χ0) is 40.2. The van der Waals surface area contributed by atoms with Gasteiger partial charge in [-0.1, -0.05) is 117 Å². The first-order valence-electron chi connectivity index (χ1n) is 20.3. The van der Waals surface area contributed by atoms with E-state index in [1.807, 2.05) is 6.08 Å². The molecule has 0 spiro atoms. The Balaban J connectivity index is 2.46. The van der Waals surface area contributed by atoms with Crippen molar-refractivity contribution in [2.75, 3.05) is 19.8 Å². The molecule has 1 heterocycles. The Morgan fingerprint density at radius 1 is 0.582 bits per heavy atom. The van der Waals surface area contributed by atoms with Gasteiger partial charge in [-0.3, -0.25) is 9.59 Å². The molecule has 10 nitrogen and oxygen atoms in total. The number of ether oxygens (including phenoxy) is 4. The predicted molar refractivity (Wildman–Crippen MR) is 219 cm³/mol. The summed E-state index contributed by atoms with van der Waals surface area (Å²) in [6.45, 7) is 3.10. The quantitative estimate of drug-likeness (QED) is 0.0310. The fourth-order valence-electron chi connectivity index (χ4n) is 5.24. The normalized spacial score (nSPS) is 21.6. The largest absolute Gasteiger partial charge is 0.462 e. The Bertz CT molecular complexity index is 1210. The Labute approximate surface area is 330 Å². The van der Waals surface area contributed by atoms with Crippen LogP contribution in [0.3, 0.4) is 0 Å². The third kappa shape index (κ3) is 27.0. The van der Waals surface area contributed by atoms with Gasteiger partial charge in [-0.25, -0.2) is 0 Å². The number of esters is 2. The predicted octanol–water partition coefficient (Wildman–Crippen LogP) is 7.99. The highest BCUT2D eigenvalue weighted by molar-refractivity contribution is 5.70. The van der Waals surface area contributed by atoms with Crippen LogP contribution in [0.1, 0.15) is 117 Å². The van der Waals surface area contributed by atoms with Gasteiger partial charge in [0.15, 0.2) is 12.4 Å². The standard InChI is InChI=1S/C45H70O10/c1-3-5-7-9-11-13-15-17-18-19-20-22-23-25-27-29-31-33-40(47)52-36-38(37-53-45-44(51)43(50)42(49)39(35-46)55-45)54-41(48)34-32-30-28-26-24-21-16-14-12-10-8-6-4-2/h5,7-8,10-11,13-14,16-18,20,22,24-27,38-39,42-46,49-51H,3-4,6,9,12,15,19,21,23,28-37H2,1-2H3/t38-,39-,42+,43+,44-,45-/m1/s1. The van der Waals surface area contributed by atoms with E-state index in [9.17, 15) is 30.0 Å². The lowest BCUT2D eigenvalue weighted by molar-refractivity contribution is -0.305. The van der Waals surface area contributed by atoms with Crippen LogP contribution in [0.5, 0.6) is 0 Å². The molecule has 0 saturated carbocycles. The van der Waals surface area contributed by atoms with Crippen molar-refractivity contribution in [1.29, 1.82) is 0 Å². The number of allylic oxidation sites excluding steroid dienone is 16. The van der Waals surface area contributed by atoms with Gasteiger partial charge in [-0.05, 0) is 83.5 Å². The maximum absolute atomic E-state index is 12.7. The molecule has 0 radical (unpaired) electrons. The van der Waals surface area contributed by atoms with E-state index in [0.717, 1.165) is 70.6 Å². The molecule has 1 aliphatic heterocycles. The summed E-state index contributed by atoms with van der Waals surface area (Å²) < 4.78 is 22.0. The van der Waals surface area contributed by atoms with Crippen LogP contribution in [0, 0.1) is 0 Å². The molecule has 1 aliphatic rings. The Kier molecular flexibility index (Phi) is 31.6. The minimum Gasteiger partial charge on any atom is -0.462 e. The highest BCUT2D eigenvalue weighted by Crippen LogP contribution is 2.22. The molecule has 310 valence electrons. The van der Waals surface area contributed by atoms with E-state index >= 15 is 0 Å². The number of hydrogen-bond donors (Lipinski definition) is 4. The van der Waals surface area contributed by atoms with Crippen LogP contribution in [-0.4, -0.2) is 89.0 Å². The van der Waals surface area contributed by atoms with E-state index in [1.165, 1.54) is 0 Å². The van der Waals surface area contributed by atoms with Gasteiger partial charge in [0.2, 0.25) is 0 Å². The number of aliphatic hydroxyl groups excluding tert-OH is 4. The molecule has 0 aromatic heterocycles. The topological polar surface area (TPSA) is 152 Å². The molecule has 55 heavy (non-hydrogen) atoms. The van der Waals surface area contributed by atoms with E-state index in [-0.39, 0.29) is 26.1 Å². The maximum atomic E-state index is 12.7. The summed E-state index contributed by atoms with van der Waals surface area (Å²) in [6, 6.07) is 0. The molecular weight excluding hydrogens is 700 g/mol. The summed E-state index contributed by atoms with van der Waals surface area (Å²) in [7, 11) is 0. The van der Waals surface area contributed by atoms with Gasteiger partial charge in [0.05, 0.1) is 13.2 Å². The van der Waals surface area contributed by atoms with Crippen LogP contribution in [0.15, 0.2) is 97.2 Å². The lowest BCUT2D eigenvalue weighted by Gasteiger charge is -2.39. The van der Waals surface area contributed by atoms with Gasteiger partial charge in [0, 0.05) is 12.8 Å². The third-order valence-electron chi connectivity index (χ3n) is 8.43. The second-order valence-corrected chi connectivity index (χ2v) is 13.3. The molecular formula is C45H70O10. The van der Waals surface area contributed by atoms with Gasteiger partial charge in [-0.15, -0.1) is 0 Å². The van der Waals surface area contributed by atoms with E-state index in [0.29, 0.717) is 19.3 Å². The summed E-state index contributed by atoms with van der Waals surface area (Å²) >= 11 is 0. The van der Waals surface area contributed by atoms with Crippen LogP contribution < -0.4 is 0 Å². The molecule has 1 saturated heterocycles. The Morgan fingerprint density at radius 3 is 1.60 bits per heavy atom. The van der Waals surface area contributed by atoms with Crippen molar-refractivity contribution < 1.29 is 49.0 Å². The summed E-state index contributed by atoms with van der Waals surface area (Å²) in [6.07, 6.45) is 38.5. The fraction of sp³-hybridized carbons (Fsp3) is 0.600. The molecule has 10 heteroatoms. The van der Waals surface area contributed by atoms with Crippen LogP contribution in [-0.2, 0) is 28.5 Å². The summed E-state index contributed by atoms with van der Waals surface area (Å²) in [4.78, 5) is 25.2. The summed E-state index contributed by atoms with van der Waals surface area (Å²) in [5.41, 5.74) is 0. The van der Waals surface area contributed by atoms with Gasteiger partial charge >= 0.3 is 11.9 Å². The zero-order valence-corrected chi connectivity index (χ0v) is 33.4. The number of unbranched alkanes of at least 4 members (excludes halogenated alkanes) is 4.